The van der Waals surface area contributed by atoms with Crippen LogP contribution in [0.2, 0.25) is 0 Å². The number of hydrogen-bond donors (Lipinski definition) is 2. The molecule has 100 valence electrons. The van der Waals surface area contributed by atoms with Gasteiger partial charge in [0.2, 0.25) is 0 Å². The Hall–Kier alpha value is -1.23. The van der Waals surface area contributed by atoms with Gasteiger partial charge in [0.1, 0.15) is 0 Å². The highest BCUT2D eigenvalue weighted by Gasteiger charge is 2.35. The molecular formula is C13H16F3NO. The van der Waals surface area contributed by atoms with Crippen molar-refractivity contribution in [2.24, 2.45) is 0 Å². The van der Waals surface area contributed by atoms with Gasteiger partial charge in [0, 0.05) is 5.69 Å². The SMILES string of the molecule is CCC1(CO)CCc2cc(C(F)(F)F)ccc2N1. The largest absolute Gasteiger partial charge is 0.416 e. The average Bonchev–Trinajstić information content (AvgIpc) is 2.36. The lowest BCUT2D eigenvalue weighted by Gasteiger charge is -2.38. The van der Waals surface area contributed by atoms with Crippen LogP contribution in [-0.2, 0) is 12.6 Å². The van der Waals surface area contributed by atoms with Gasteiger partial charge < -0.3 is 10.4 Å². The van der Waals surface area contributed by atoms with Crippen LogP contribution in [0.1, 0.15) is 30.9 Å². The first-order valence-corrected chi connectivity index (χ1v) is 5.99. The van der Waals surface area contributed by atoms with Gasteiger partial charge in [-0.3, -0.25) is 0 Å². The summed E-state index contributed by atoms with van der Waals surface area (Å²) >= 11 is 0. The molecule has 1 aromatic rings. The van der Waals surface area contributed by atoms with E-state index in [2.05, 4.69) is 5.32 Å². The number of hydrogen-bond acceptors (Lipinski definition) is 2. The molecule has 0 saturated carbocycles. The molecule has 0 aromatic heterocycles. The van der Waals surface area contributed by atoms with Crippen molar-refractivity contribution < 1.29 is 18.3 Å². The Bertz CT molecular complexity index is 438. The van der Waals surface area contributed by atoms with E-state index in [9.17, 15) is 18.3 Å². The monoisotopic (exact) mass is 259 g/mol. The van der Waals surface area contributed by atoms with Crippen molar-refractivity contribution in [2.75, 3.05) is 11.9 Å². The average molecular weight is 259 g/mol. The number of nitrogens with one attached hydrogen (secondary N) is 1. The molecule has 5 heteroatoms. The van der Waals surface area contributed by atoms with E-state index in [0.29, 0.717) is 24.1 Å². The van der Waals surface area contributed by atoms with E-state index >= 15 is 0 Å². The van der Waals surface area contributed by atoms with Crippen molar-refractivity contribution in [3.05, 3.63) is 29.3 Å². The summed E-state index contributed by atoms with van der Waals surface area (Å²) in [6.45, 7) is 1.95. The first kappa shape index (κ1) is 13.2. The summed E-state index contributed by atoms with van der Waals surface area (Å²) in [5, 5.41) is 12.6. The van der Waals surface area contributed by atoms with Crippen molar-refractivity contribution >= 4 is 5.69 Å². The summed E-state index contributed by atoms with van der Waals surface area (Å²) in [5.41, 5.74) is 0.357. The lowest BCUT2D eigenvalue weighted by molar-refractivity contribution is -0.137. The molecule has 1 aliphatic heterocycles. The van der Waals surface area contributed by atoms with Crippen LogP contribution in [0.3, 0.4) is 0 Å². The molecule has 0 spiro atoms. The molecule has 1 aliphatic rings. The summed E-state index contributed by atoms with van der Waals surface area (Å²) in [6, 6.07) is 3.73. The number of rotatable bonds is 2. The number of benzene rings is 1. The zero-order valence-electron chi connectivity index (χ0n) is 10.1. The number of fused-ring (bicyclic) bond motifs is 1. The first-order valence-electron chi connectivity index (χ1n) is 5.99. The van der Waals surface area contributed by atoms with Crippen LogP contribution in [0.15, 0.2) is 18.2 Å². The topological polar surface area (TPSA) is 32.3 Å². The van der Waals surface area contributed by atoms with E-state index in [4.69, 9.17) is 0 Å². The van der Waals surface area contributed by atoms with Crippen molar-refractivity contribution in [1.82, 2.24) is 0 Å². The number of aliphatic hydroxyl groups excluding tert-OH is 1. The predicted molar refractivity (Wildman–Crippen MR) is 63.5 cm³/mol. The van der Waals surface area contributed by atoms with Crippen LogP contribution >= 0.6 is 0 Å². The second kappa shape index (κ2) is 4.46. The Morgan fingerprint density at radius 3 is 2.67 bits per heavy atom. The number of aryl methyl sites for hydroxylation is 1. The third-order valence-electron chi connectivity index (χ3n) is 3.68. The Morgan fingerprint density at radius 2 is 2.11 bits per heavy atom. The highest BCUT2D eigenvalue weighted by Crippen LogP contribution is 2.37. The van der Waals surface area contributed by atoms with E-state index in [1.165, 1.54) is 12.1 Å². The summed E-state index contributed by atoms with van der Waals surface area (Å²) in [4.78, 5) is 0. The first-order chi connectivity index (χ1) is 8.40. The molecule has 1 unspecified atom stereocenters. The third-order valence-corrected chi connectivity index (χ3v) is 3.68. The number of alkyl halides is 3. The fourth-order valence-corrected chi connectivity index (χ4v) is 2.32. The number of anilines is 1. The zero-order valence-corrected chi connectivity index (χ0v) is 10.1. The van der Waals surface area contributed by atoms with E-state index in [0.717, 1.165) is 12.5 Å². The summed E-state index contributed by atoms with van der Waals surface area (Å²) in [6.07, 6.45) is -2.36. The van der Waals surface area contributed by atoms with Gasteiger partial charge in [0.05, 0.1) is 17.7 Å². The summed E-state index contributed by atoms with van der Waals surface area (Å²) < 4.78 is 37.7. The van der Waals surface area contributed by atoms with Gasteiger partial charge in [-0.15, -0.1) is 0 Å². The molecule has 0 fully saturated rings. The third kappa shape index (κ3) is 2.32. The number of aliphatic hydroxyl groups is 1. The van der Waals surface area contributed by atoms with Crippen LogP contribution in [0, 0.1) is 0 Å². The van der Waals surface area contributed by atoms with Crippen molar-refractivity contribution in [1.29, 1.82) is 0 Å². The fourth-order valence-electron chi connectivity index (χ4n) is 2.32. The van der Waals surface area contributed by atoms with Crippen LogP contribution in [0.25, 0.3) is 0 Å². The van der Waals surface area contributed by atoms with E-state index in [1.807, 2.05) is 6.92 Å². The maximum absolute atomic E-state index is 12.6. The molecule has 0 bridgehead atoms. The van der Waals surface area contributed by atoms with Gasteiger partial charge in [0.15, 0.2) is 0 Å². The number of halogens is 3. The molecule has 0 amide bonds. The second-order valence-electron chi connectivity index (χ2n) is 4.79. The zero-order chi connectivity index (χ0) is 13.4. The minimum Gasteiger partial charge on any atom is -0.394 e. The highest BCUT2D eigenvalue weighted by atomic mass is 19.4. The van der Waals surface area contributed by atoms with Crippen LogP contribution in [0.5, 0.6) is 0 Å². The van der Waals surface area contributed by atoms with E-state index < -0.39 is 17.3 Å². The molecule has 1 atom stereocenters. The van der Waals surface area contributed by atoms with Gasteiger partial charge in [-0.2, -0.15) is 13.2 Å². The molecular weight excluding hydrogens is 243 g/mol. The molecule has 2 rings (SSSR count). The lowest BCUT2D eigenvalue weighted by Crippen LogP contribution is -2.44. The van der Waals surface area contributed by atoms with Crippen molar-refractivity contribution in [3.8, 4) is 0 Å². The predicted octanol–water partition coefficient (Wildman–Crippen LogP) is 3.20. The van der Waals surface area contributed by atoms with Gasteiger partial charge in [-0.05, 0) is 43.0 Å². The molecule has 18 heavy (non-hydrogen) atoms. The summed E-state index contributed by atoms with van der Waals surface area (Å²) in [5.74, 6) is 0. The van der Waals surface area contributed by atoms with Gasteiger partial charge >= 0.3 is 6.18 Å². The molecule has 0 aliphatic carbocycles. The van der Waals surface area contributed by atoms with Gasteiger partial charge in [-0.25, -0.2) is 0 Å². The lowest BCUT2D eigenvalue weighted by atomic mass is 9.84. The van der Waals surface area contributed by atoms with Crippen molar-refractivity contribution in [3.63, 3.8) is 0 Å². The standard InChI is InChI=1S/C13H16F3NO/c1-2-12(8-18)6-5-9-7-10(13(14,15)16)3-4-11(9)17-12/h3-4,7,17-18H,2,5-6,8H2,1H3. The Morgan fingerprint density at radius 1 is 1.39 bits per heavy atom. The van der Waals surface area contributed by atoms with Gasteiger partial charge in [-0.1, -0.05) is 6.92 Å². The maximum Gasteiger partial charge on any atom is 0.416 e. The Labute approximate surface area is 104 Å². The van der Waals surface area contributed by atoms with E-state index in [-0.39, 0.29) is 6.61 Å². The molecule has 0 radical (unpaired) electrons. The fraction of sp³-hybridized carbons (Fsp3) is 0.538. The minimum absolute atomic E-state index is 0.00996. The molecule has 2 N–H and O–H groups in total. The Kier molecular flexibility index (Phi) is 3.27. The van der Waals surface area contributed by atoms with Crippen LogP contribution in [0.4, 0.5) is 18.9 Å². The highest BCUT2D eigenvalue weighted by molar-refractivity contribution is 5.57. The second-order valence-corrected chi connectivity index (χ2v) is 4.79. The molecule has 1 heterocycles. The summed E-state index contributed by atoms with van der Waals surface area (Å²) in [7, 11) is 0. The van der Waals surface area contributed by atoms with Gasteiger partial charge in [0.25, 0.3) is 0 Å². The smallest absolute Gasteiger partial charge is 0.394 e. The maximum atomic E-state index is 12.6. The van der Waals surface area contributed by atoms with E-state index in [1.54, 1.807) is 0 Å². The molecule has 1 aromatic carbocycles. The van der Waals surface area contributed by atoms with Crippen LogP contribution in [-0.4, -0.2) is 17.3 Å². The van der Waals surface area contributed by atoms with Crippen LogP contribution < -0.4 is 5.32 Å². The van der Waals surface area contributed by atoms with Crippen molar-refractivity contribution in [2.45, 2.75) is 37.9 Å². The molecule has 0 saturated heterocycles. The Balaban J connectivity index is 2.31. The quantitative estimate of drug-likeness (QED) is 0.854. The minimum atomic E-state index is -4.30. The normalized spacial score (nSPS) is 23.4. The molecule has 2 nitrogen and oxygen atoms in total.